The number of aliphatic imine (C=N–C) groups is 1. The number of fused-ring (bicyclic) bond motifs is 1. The van der Waals surface area contributed by atoms with Gasteiger partial charge in [0.2, 0.25) is 5.91 Å². The summed E-state index contributed by atoms with van der Waals surface area (Å²) in [6, 6.07) is 12.4. The van der Waals surface area contributed by atoms with Gasteiger partial charge in [-0.15, -0.1) is 0 Å². The van der Waals surface area contributed by atoms with Crippen molar-refractivity contribution < 1.29 is 4.79 Å². The van der Waals surface area contributed by atoms with Crippen LogP contribution in [-0.4, -0.2) is 61.0 Å². The van der Waals surface area contributed by atoms with Crippen LogP contribution in [0.3, 0.4) is 0 Å². The van der Waals surface area contributed by atoms with E-state index in [4.69, 9.17) is 0 Å². The molecular weight excluding hydrogens is 352 g/mol. The predicted octanol–water partition coefficient (Wildman–Crippen LogP) is 2.07. The Morgan fingerprint density at radius 2 is 2.07 bits per heavy atom. The van der Waals surface area contributed by atoms with Gasteiger partial charge in [0.1, 0.15) is 5.82 Å². The van der Waals surface area contributed by atoms with Crippen molar-refractivity contribution in [1.29, 1.82) is 0 Å². The Balaban J connectivity index is 1.41. The number of guanidine groups is 1. The maximum atomic E-state index is 12.1. The van der Waals surface area contributed by atoms with Gasteiger partial charge in [-0.25, -0.2) is 4.98 Å². The summed E-state index contributed by atoms with van der Waals surface area (Å²) < 4.78 is 0. The number of likely N-dealkylation sites (tertiary alicyclic amines) is 1. The Hall–Kier alpha value is -2.83. The minimum Gasteiger partial charge on any atom is -0.368 e. The highest BCUT2D eigenvalue weighted by Crippen LogP contribution is 2.14. The van der Waals surface area contributed by atoms with E-state index in [1.54, 1.807) is 7.05 Å². The normalized spacial score (nSPS) is 17.2. The molecule has 2 heterocycles. The van der Waals surface area contributed by atoms with Crippen molar-refractivity contribution in [3.8, 4) is 0 Å². The van der Waals surface area contributed by atoms with Gasteiger partial charge < -0.3 is 20.9 Å². The molecule has 1 aromatic carbocycles. The zero-order chi connectivity index (χ0) is 19.9. The number of aromatic nitrogens is 1. The lowest BCUT2D eigenvalue weighted by atomic mass is 10.2. The minimum absolute atomic E-state index is 0.0472. The molecule has 7 heteroatoms. The molecule has 28 heavy (non-hydrogen) atoms. The number of carbonyl (C=O) groups excluding carboxylic acids is 1. The second-order valence-corrected chi connectivity index (χ2v) is 7.38. The third-order valence-electron chi connectivity index (χ3n) is 4.88. The van der Waals surface area contributed by atoms with Crippen LogP contribution in [0, 0.1) is 5.92 Å². The number of nitrogens with one attached hydrogen (secondary N) is 3. The summed E-state index contributed by atoms with van der Waals surface area (Å²) in [5.74, 6) is 1.89. The molecule has 0 radical (unpaired) electrons. The highest BCUT2D eigenvalue weighted by molar-refractivity contribution is 5.81. The van der Waals surface area contributed by atoms with Crippen LogP contribution in [0.15, 0.2) is 41.4 Å². The highest BCUT2D eigenvalue weighted by Gasteiger charge is 2.27. The Morgan fingerprint density at radius 3 is 2.86 bits per heavy atom. The fourth-order valence-corrected chi connectivity index (χ4v) is 3.37. The summed E-state index contributed by atoms with van der Waals surface area (Å²) in [6.07, 6.45) is 0.943. The molecule has 1 aliphatic heterocycles. The molecule has 150 valence electrons. The van der Waals surface area contributed by atoms with E-state index in [0.29, 0.717) is 0 Å². The Labute approximate surface area is 166 Å². The molecule has 1 atom stereocenters. The summed E-state index contributed by atoms with van der Waals surface area (Å²) in [6.45, 7) is 6.88. The maximum Gasteiger partial charge on any atom is 0.225 e. The number of pyridine rings is 1. The molecule has 0 aliphatic carbocycles. The number of benzene rings is 1. The van der Waals surface area contributed by atoms with E-state index in [-0.39, 0.29) is 17.9 Å². The monoisotopic (exact) mass is 382 g/mol. The number of carbonyl (C=O) groups is 1. The lowest BCUT2D eigenvalue weighted by molar-refractivity contribution is -0.133. The first-order chi connectivity index (χ1) is 13.6. The van der Waals surface area contributed by atoms with E-state index in [2.05, 4.69) is 38.1 Å². The average molecular weight is 383 g/mol. The van der Waals surface area contributed by atoms with E-state index in [9.17, 15) is 4.79 Å². The van der Waals surface area contributed by atoms with Gasteiger partial charge in [0.25, 0.3) is 0 Å². The van der Waals surface area contributed by atoms with Gasteiger partial charge in [0, 0.05) is 50.6 Å². The molecule has 7 nitrogen and oxygen atoms in total. The van der Waals surface area contributed by atoms with E-state index >= 15 is 0 Å². The Kier molecular flexibility index (Phi) is 6.68. The largest absolute Gasteiger partial charge is 0.368 e. The number of hydrogen-bond acceptors (Lipinski definition) is 4. The highest BCUT2D eigenvalue weighted by atomic mass is 16.2. The zero-order valence-corrected chi connectivity index (χ0v) is 16.9. The third kappa shape index (κ3) is 5.12. The van der Waals surface area contributed by atoms with E-state index in [1.807, 2.05) is 43.0 Å². The van der Waals surface area contributed by atoms with E-state index in [0.717, 1.165) is 55.3 Å². The number of rotatable bonds is 6. The van der Waals surface area contributed by atoms with Crippen LogP contribution in [0.4, 0.5) is 5.82 Å². The lowest BCUT2D eigenvalue weighted by Crippen LogP contribution is -2.46. The number of anilines is 1. The second-order valence-electron chi connectivity index (χ2n) is 7.38. The third-order valence-corrected chi connectivity index (χ3v) is 4.88. The molecule has 2 aromatic rings. The lowest BCUT2D eigenvalue weighted by Gasteiger charge is -2.20. The number of amides is 1. The summed E-state index contributed by atoms with van der Waals surface area (Å²) >= 11 is 0. The van der Waals surface area contributed by atoms with Crippen molar-refractivity contribution in [3.05, 3.63) is 36.4 Å². The van der Waals surface area contributed by atoms with Gasteiger partial charge in [-0.1, -0.05) is 32.0 Å². The van der Waals surface area contributed by atoms with E-state index < -0.39 is 0 Å². The van der Waals surface area contributed by atoms with Crippen LogP contribution >= 0.6 is 0 Å². The fourth-order valence-electron chi connectivity index (χ4n) is 3.37. The summed E-state index contributed by atoms with van der Waals surface area (Å²) in [4.78, 5) is 22.9. The minimum atomic E-state index is 0.0472. The molecule has 1 aromatic heterocycles. The SMILES string of the molecule is CN=C(NCCNc1ccc2ccccc2n1)NC1CCN(C(=O)C(C)C)C1. The molecule has 1 saturated heterocycles. The van der Waals surface area contributed by atoms with Gasteiger partial charge in [-0.2, -0.15) is 0 Å². The van der Waals surface area contributed by atoms with Crippen LogP contribution in [-0.2, 0) is 4.79 Å². The van der Waals surface area contributed by atoms with Crippen LogP contribution < -0.4 is 16.0 Å². The van der Waals surface area contributed by atoms with Crippen LogP contribution in [0.1, 0.15) is 20.3 Å². The summed E-state index contributed by atoms with van der Waals surface area (Å²) in [5.41, 5.74) is 0.986. The standard InChI is InChI=1S/C21H30N6O/c1-15(2)20(28)27-13-10-17(14-27)25-21(22-3)24-12-11-23-19-9-8-16-6-4-5-7-18(16)26-19/h4-9,15,17H,10-14H2,1-3H3,(H,23,26)(H2,22,24,25). The molecule has 1 fully saturated rings. The smallest absolute Gasteiger partial charge is 0.225 e. The topological polar surface area (TPSA) is 81.7 Å². The Bertz CT molecular complexity index is 835. The average Bonchev–Trinajstić information content (AvgIpc) is 3.17. The fraction of sp³-hybridized carbons (Fsp3) is 0.476. The van der Waals surface area contributed by atoms with E-state index in [1.165, 1.54) is 0 Å². The van der Waals surface area contributed by atoms with Crippen molar-refractivity contribution in [2.24, 2.45) is 10.9 Å². The quantitative estimate of drug-likeness (QED) is 0.405. The van der Waals surface area contributed by atoms with Crippen LogP contribution in [0.2, 0.25) is 0 Å². The van der Waals surface area contributed by atoms with Crippen molar-refractivity contribution in [2.45, 2.75) is 26.3 Å². The number of hydrogen-bond donors (Lipinski definition) is 3. The maximum absolute atomic E-state index is 12.1. The second kappa shape index (κ2) is 9.39. The molecule has 0 bridgehead atoms. The molecular formula is C21H30N6O. The number of para-hydroxylation sites is 1. The van der Waals surface area contributed by atoms with Crippen molar-refractivity contribution in [3.63, 3.8) is 0 Å². The van der Waals surface area contributed by atoms with Crippen molar-refractivity contribution in [2.75, 3.05) is 38.5 Å². The molecule has 1 unspecified atom stereocenters. The molecule has 3 N–H and O–H groups in total. The molecule has 0 spiro atoms. The van der Waals surface area contributed by atoms with Crippen molar-refractivity contribution in [1.82, 2.24) is 20.5 Å². The molecule has 0 saturated carbocycles. The first-order valence-corrected chi connectivity index (χ1v) is 9.92. The van der Waals surface area contributed by atoms with Crippen LogP contribution in [0.25, 0.3) is 10.9 Å². The molecule has 3 rings (SSSR count). The number of nitrogens with zero attached hydrogens (tertiary/aromatic N) is 3. The van der Waals surface area contributed by atoms with Gasteiger partial charge in [-0.05, 0) is 24.6 Å². The summed E-state index contributed by atoms with van der Waals surface area (Å²) in [5, 5.41) is 11.2. The van der Waals surface area contributed by atoms with Crippen LogP contribution in [0.5, 0.6) is 0 Å². The Morgan fingerprint density at radius 1 is 1.25 bits per heavy atom. The summed E-state index contributed by atoms with van der Waals surface area (Å²) in [7, 11) is 1.76. The van der Waals surface area contributed by atoms with Gasteiger partial charge in [0.15, 0.2) is 5.96 Å². The van der Waals surface area contributed by atoms with Gasteiger partial charge >= 0.3 is 0 Å². The predicted molar refractivity (Wildman–Crippen MR) is 115 cm³/mol. The molecule has 1 aliphatic rings. The van der Waals surface area contributed by atoms with Gasteiger partial charge in [0.05, 0.1) is 5.52 Å². The van der Waals surface area contributed by atoms with Crippen molar-refractivity contribution >= 4 is 28.6 Å². The first-order valence-electron chi connectivity index (χ1n) is 9.92. The molecule has 1 amide bonds. The van der Waals surface area contributed by atoms with Gasteiger partial charge in [-0.3, -0.25) is 9.79 Å². The first kappa shape index (κ1) is 19.9. The zero-order valence-electron chi connectivity index (χ0n) is 16.9.